The van der Waals surface area contributed by atoms with Crippen LogP contribution in [0.15, 0.2) is 64.4 Å². The van der Waals surface area contributed by atoms with Gasteiger partial charge in [0, 0.05) is 9.79 Å². The van der Waals surface area contributed by atoms with E-state index >= 15 is 0 Å². The Bertz CT molecular complexity index is 1160. The number of hydrogen-bond donors (Lipinski definition) is 1. The zero-order valence-corrected chi connectivity index (χ0v) is 18.1. The molecular formula is C25H26O3S. The maximum absolute atomic E-state index is 13.4. The predicted octanol–water partition coefficient (Wildman–Crippen LogP) is 6.05. The summed E-state index contributed by atoms with van der Waals surface area (Å²) >= 11 is 0. The van der Waals surface area contributed by atoms with Crippen LogP contribution in [-0.2, 0) is 21.6 Å². The third-order valence-electron chi connectivity index (χ3n) is 6.33. The zero-order valence-electron chi connectivity index (χ0n) is 17.3. The minimum atomic E-state index is -1.32. The first kappa shape index (κ1) is 19.8. The molecule has 4 rings (SSSR count). The molecule has 0 fully saturated rings. The van der Waals surface area contributed by atoms with E-state index in [0.717, 1.165) is 23.1 Å². The molecule has 1 unspecified atom stereocenters. The molecule has 0 radical (unpaired) electrons. The number of rotatable bonds is 3. The molecule has 0 spiro atoms. The molecule has 0 saturated heterocycles. The molecule has 3 aromatic carbocycles. The van der Waals surface area contributed by atoms with E-state index < -0.39 is 16.8 Å². The Balaban J connectivity index is 1.79. The van der Waals surface area contributed by atoms with Gasteiger partial charge in [-0.25, -0.2) is 9.00 Å². The fourth-order valence-electron chi connectivity index (χ4n) is 4.38. The lowest BCUT2D eigenvalue weighted by atomic mass is 9.63. The summed E-state index contributed by atoms with van der Waals surface area (Å²) in [5.41, 5.74) is 3.08. The summed E-state index contributed by atoms with van der Waals surface area (Å²) in [5, 5.41) is 10.8. The van der Waals surface area contributed by atoms with Gasteiger partial charge in [-0.2, -0.15) is 0 Å². The highest BCUT2D eigenvalue weighted by atomic mass is 32.2. The number of hydrogen-bond acceptors (Lipinski definition) is 2. The van der Waals surface area contributed by atoms with Crippen molar-refractivity contribution in [1.82, 2.24) is 0 Å². The van der Waals surface area contributed by atoms with Crippen molar-refractivity contribution in [2.75, 3.05) is 0 Å². The van der Waals surface area contributed by atoms with E-state index in [9.17, 15) is 14.1 Å². The molecule has 1 atom stereocenters. The van der Waals surface area contributed by atoms with Gasteiger partial charge >= 0.3 is 5.97 Å². The summed E-state index contributed by atoms with van der Waals surface area (Å²) in [4.78, 5) is 12.9. The molecule has 29 heavy (non-hydrogen) atoms. The SMILES string of the molecule is CC1(C)CCC(C)(C)c2cc(S(=O)c3ccc4c(C(=O)O)cccc4c3)ccc21. The quantitative estimate of drug-likeness (QED) is 0.576. The molecule has 150 valence electrons. The minimum absolute atomic E-state index is 0.0604. The van der Waals surface area contributed by atoms with E-state index in [1.165, 1.54) is 11.1 Å². The maximum Gasteiger partial charge on any atom is 0.336 e. The van der Waals surface area contributed by atoms with Gasteiger partial charge < -0.3 is 5.11 Å². The summed E-state index contributed by atoms with van der Waals surface area (Å²) in [6.45, 7) is 9.08. The third kappa shape index (κ3) is 3.40. The van der Waals surface area contributed by atoms with Crippen LogP contribution in [0, 0.1) is 0 Å². The summed E-state index contributed by atoms with van der Waals surface area (Å²) in [7, 11) is -1.32. The predicted molar refractivity (Wildman–Crippen MR) is 117 cm³/mol. The van der Waals surface area contributed by atoms with Crippen LogP contribution in [0.2, 0.25) is 0 Å². The van der Waals surface area contributed by atoms with E-state index in [0.29, 0.717) is 10.3 Å². The number of carbonyl (C=O) groups is 1. The van der Waals surface area contributed by atoms with E-state index in [1.54, 1.807) is 24.3 Å². The number of carboxylic acids is 1. The number of fused-ring (bicyclic) bond motifs is 2. The lowest BCUT2D eigenvalue weighted by Gasteiger charge is -2.42. The average Bonchev–Trinajstić information content (AvgIpc) is 2.69. The van der Waals surface area contributed by atoms with Crippen LogP contribution >= 0.6 is 0 Å². The van der Waals surface area contributed by atoms with Crippen molar-refractivity contribution >= 4 is 27.5 Å². The van der Waals surface area contributed by atoms with Gasteiger partial charge in [0.05, 0.1) is 16.4 Å². The lowest BCUT2D eigenvalue weighted by Crippen LogP contribution is -2.33. The second-order valence-corrected chi connectivity index (χ2v) is 10.7. The molecule has 0 aliphatic heterocycles. The second kappa shape index (κ2) is 6.81. The minimum Gasteiger partial charge on any atom is -0.478 e. The molecule has 1 aliphatic rings. The van der Waals surface area contributed by atoms with Crippen LogP contribution in [-0.4, -0.2) is 15.3 Å². The molecule has 4 heteroatoms. The van der Waals surface area contributed by atoms with Gasteiger partial charge in [-0.1, -0.05) is 52.0 Å². The Morgan fingerprint density at radius 3 is 2.17 bits per heavy atom. The van der Waals surface area contributed by atoms with Crippen LogP contribution in [0.1, 0.15) is 62.0 Å². The number of aromatic carboxylic acids is 1. The zero-order chi connectivity index (χ0) is 21.0. The Labute approximate surface area is 174 Å². The fraction of sp³-hybridized carbons (Fsp3) is 0.320. The summed E-state index contributed by atoms with van der Waals surface area (Å²) < 4.78 is 13.4. The first-order chi connectivity index (χ1) is 13.6. The average molecular weight is 407 g/mol. The Morgan fingerprint density at radius 1 is 0.862 bits per heavy atom. The van der Waals surface area contributed by atoms with Crippen molar-refractivity contribution in [3.63, 3.8) is 0 Å². The number of benzene rings is 3. The highest BCUT2D eigenvalue weighted by molar-refractivity contribution is 7.85. The second-order valence-electron chi connectivity index (χ2n) is 9.24. The summed E-state index contributed by atoms with van der Waals surface area (Å²) in [6.07, 6.45) is 2.25. The molecule has 0 heterocycles. The monoisotopic (exact) mass is 406 g/mol. The highest BCUT2D eigenvalue weighted by Gasteiger charge is 2.37. The van der Waals surface area contributed by atoms with Gasteiger partial charge in [0.2, 0.25) is 0 Å². The Hall–Kier alpha value is -2.46. The first-order valence-electron chi connectivity index (χ1n) is 9.93. The van der Waals surface area contributed by atoms with Gasteiger partial charge in [0.15, 0.2) is 0 Å². The third-order valence-corrected chi connectivity index (χ3v) is 7.70. The van der Waals surface area contributed by atoms with Crippen molar-refractivity contribution in [3.05, 3.63) is 71.3 Å². The van der Waals surface area contributed by atoms with Crippen molar-refractivity contribution in [2.24, 2.45) is 0 Å². The van der Waals surface area contributed by atoms with Crippen molar-refractivity contribution in [3.8, 4) is 0 Å². The molecule has 3 nitrogen and oxygen atoms in total. The van der Waals surface area contributed by atoms with Gasteiger partial charge in [-0.05, 0) is 75.9 Å². The topological polar surface area (TPSA) is 54.4 Å². The maximum atomic E-state index is 13.4. The normalized spacial score (nSPS) is 18.2. The van der Waals surface area contributed by atoms with Crippen LogP contribution in [0.3, 0.4) is 0 Å². The van der Waals surface area contributed by atoms with Gasteiger partial charge in [-0.15, -0.1) is 0 Å². The van der Waals surface area contributed by atoms with E-state index in [2.05, 4.69) is 39.8 Å². The lowest BCUT2D eigenvalue weighted by molar-refractivity contribution is 0.0699. The molecule has 0 saturated carbocycles. The largest absolute Gasteiger partial charge is 0.478 e. The van der Waals surface area contributed by atoms with Crippen molar-refractivity contribution < 1.29 is 14.1 Å². The summed E-state index contributed by atoms with van der Waals surface area (Å²) in [6, 6.07) is 16.8. The van der Waals surface area contributed by atoms with Crippen LogP contribution in [0.5, 0.6) is 0 Å². The fourth-order valence-corrected chi connectivity index (χ4v) is 5.50. The van der Waals surface area contributed by atoms with Crippen LogP contribution in [0.25, 0.3) is 10.8 Å². The summed E-state index contributed by atoms with van der Waals surface area (Å²) in [5.74, 6) is -0.955. The van der Waals surface area contributed by atoms with Gasteiger partial charge in [0.1, 0.15) is 0 Å². The Morgan fingerprint density at radius 2 is 1.48 bits per heavy atom. The standard InChI is InChI=1S/C25H26O3S/c1-24(2)12-13-25(3,4)22-15-18(9-11-21(22)24)29(28)17-8-10-19-16(14-17)6-5-7-20(19)23(26)27/h5-11,14-15H,12-13H2,1-4H3,(H,26,27). The highest BCUT2D eigenvalue weighted by Crippen LogP contribution is 2.46. The molecule has 0 aromatic heterocycles. The molecule has 3 aromatic rings. The molecular weight excluding hydrogens is 380 g/mol. The van der Waals surface area contributed by atoms with Crippen LogP contribution in [0.4, 0.5) is 0 Å². The molecule has 0 amide bonds. The van der Waals surface area contributed by atoms with Gasteiger partial charge in [-0.3, -0.25) is 0 Å². The number of carboxylic acid groups (broad SMARTS) is 1. The van der Waals surface area contributed by atoms with Crippen LogP contribution < -0.4 is 0 Å². The Kier molecular flexibility index (Phi) is 4.66. The van der Waals surface area contributed by atoms with E-state index in [-0.39, 0.29) is 16.4 Å². The molecule has 1 N–H and O–H groups in total. The molecule has 0 bridgehead atoms. The smallest absolute Gasteiger partial charge is 0.336 e. The van der Waals surface area contributed by atoms with E-state index in [1.807, 2.05) is 18.2 Å². The first-order valence-corrected chi connectivity index (χ1v) is 11.1. The van der Waals surface area contributed by atoms with Crippen molar-refractivity contribution in [2.45, 2.75) is 61.2 Å². The molecule has 1 aliphatic carbocycles. The van der Waals surface area contributed by atoms with Crippen molar-refractivity contribution in [1.29, 1.82) is 0 Å². The van der Waals surface area contributed by atoms with E-state index in [4.69, 9.17) is 0 Å². The van der Waals surface area contributed by atoms with Gasteiger partial charge in [0.25, 0.3) is 0 Å².